The van der Waals surface area contributed by atoms with Gasteiger partial charge < -0.3 is 15.2 Å². The van der Waals surface area contributed by atoms with Crippen LogP contribution in [0, 0.1) is 5.82 Å². The first-order valence-corrected chi connectivity index (χ1v) is 6.16. The summed E-state index contributed by atoms with van der Waals surface area (Å²) >= 11 is 11.3. The van der Waals surface area contributed by atoms with Crippen LogP contribution in [0.2, 0.25) is 10.0 Å². The number of nitrogens with one attached hydrogen (secondary N) is 1. The van der Waals surface area contributed by atoms with Crippen molar-refractivity contribution in [3.63, 3.8) is 0 Å². The first-order valence-electron chi connectivity index (χ1n) is 5.40. The van der Waals surface area contributed by atoms with Crippen LogP contribution in [0.15, 0.2) is 12.1 Å². The van der Waals surface area contributed by atoms with E-state index in [0.717, 1.165) is 12.1 Å². The van der Waals surface area contributed by atoms with Crippen LogP contribution in [0.25, 0.3) is 0 Å². The first-order chi connectivity index (χ1) is 9.21. The zero-order valence-corrected chi connectivity index (χ0v) is 12.2. The Balaban J connectivity index is 3.07. The van der Waals surface area contributed by atoms with Crippen LogP contribution in [-0.2, 0) is 9.53 Å². The Morgan fingerprint density at radius 3 is 2.50 bits per heavy atom. The number of amides is 1. The van der Waals surface area contributed by atoms with Crippen LogP contribution in [0.5, 0.6) is 0 Å². The molecule has 0 saturated carbocycles. The molecule has 0 aliphatic carbocycles. The zero-order chi connectivity index (χ0) is 15.5. The van der Waals surface area contributed by atoms with Gasteiger partial charge in [-0.15, -0.1) is 0 Å². The highest BCUT2D eigenvalue weighted by atomic mass is 35.5. The fourth-order valence-corrected chi connectivity index (χ4v) is 1.92. The number of rotatable bonds is 5. The van der Waals surface area contributed by atoms with E-state index < -0.39 is 23.2 Å². The molecule has 1 unspecified atom stereocenters. The van der Waals surface area contributed by atoms with E-state index in [9.17, 15) is 14.0 Å². The van der Waals surface area contributed by atoms with Crippen molar-refractivity contribution in [3.8, 4) is 0 Å². The zero-order valence-electron chi connectivity index (χ0n) is 10.7. The van der Waals surface area contributed by atoms with E-state index in [4.69, 9.17) is 33.0 Å². The summed E-state index contributed by atoms with van der Waals surface area (Å²) in [6.45, 7) is 0.999. The largest absolute Gasteiger partial charge is 0.479 e. The van der Waals surface area contributed by atoms with Gasteiger partial charge in [0, 0.05) is 7.11 Å². The van der Waals surface area contributed by atoms with Crippen molar-refractivity contribution >= 4 is 35.1 Å². The number of hydrogen-bond acceptors (Lipinski definition) is 3. The molecule has 5 nitrogen and oxygen atoms in total. The van der Waals surface area contributed by atoms with Crippen molar-refractivity contribution in [2.75, 3.05) is 13.7 Å². The van der Waals surface area contributed by atoms with Gasteiger partial charge in [0.2, 0.25) is 0 Å². The second kappa shape index (κ2) is 6.39. The van der Waals surface area contributed by atoms with Gasteiger partial charge >= 0.3 is 5.97 Å². The van der Waals surface area contributed by atoms with Crippen molar-refractivity contribution in [3.05, 3.63) is 33.6 Å². The van der Waals surface area contributed by atoms with E-state index in [2.05, 4.69) is 5.32 Å². The number of carboxylic acids is 1. The predicted molar refractivity (Wildman–Crippen MR) is 71.8 cm³/mol. The SMILES string of the molecule is COCC(C)(NC(=O)c1cc(F)c(Cl)cc1Cl)C(=O)O. The molecule has 0 fully saturated rings. The maximum absolute atomic E-state index is 13.3. The lowest BCUT2D eigenvalue weighted by atomic mass is 10.0. The number of aliphatic carboxylic acids is 1. The van der Waals surface area contributed by atoms with E-state index >= 15 is 0 Å². The maximum atomic E-state index is 13.3. The smallest absolute Gasteiger partial charge is 0.331 e. The van der Waals surface area contributed by atoms with Gasteiger partial charge in [-0.2, -0.15) is 0 Å². The van der Waals surface area contributed by atoms with Crippen LogP contribution in [0.1, 0.15) is 17.3 Å². The molecule has 0 radical (unpaired) electrons. The average molecular weight is 324 g/mol. The summed E-state index contributed by atoms with van der Waals surface area (Å²) in [6, 6.07) is 1.91. The van der Waals surface area contributed by atoms with Crippen LogP contribution >= 0.6 is 23.2 Å². The standard InChI is InChI=1S/C12H12Cl2FNO4/c1-12(5-20-2,11(18)19)16-10(17)6-3-9(15)8(14)4-7(6)13/h3-4H,5H2,1-2H3,(H,16,17)(H,18,19). The van der Waals surface area contributed by atoms with Gasteiger partial charge in [-0.05, 0) is 19.1 Å². The van der Waals surface area contributed by atoms with Gasteiger partial charge in [0.05, 0.1) is 22.2 Å². The first kappa shape index (κ1) is 16.7. The lowest BCUT2D eigenvalue weighted by Gasteiger charge is -2.25. The number of methoxy groups -OCH3 is 1. The van der Waals surface area contributed by atoms with Crippen molar-refractivity contribution in [1.82, 2.24) is 5.32 Å². The Kier molecular flexibility index (Phi) is 5.33. The molecule has 1 atom stereocenters. The third-order valence-corrected chi connectivity index (χ3v) is 3.15. The van der Waals surface area contributed by atoms with E-state index in [1.54, 1.807) is 0 Å². The van der Waals surface area contributed by atoms with Crippen LogP contribution < -0.4 is 5.32 Å². The highest BCUT2D eigenvalue weighted by Crippen LogP contribution is 2.24. The number of carbonyl (C=O) groups excluding carboxylic acids is 1. The molecule has 0 heterocycles. The van der Waals surface area contributed by atoms with E-state index in [0.29, 0.717) is 0 Å². The van der Waals surface area contributed by atoms with Crippen molar-refractivity contribution in [2.45, 2.75) is 12.5 Å². The number of carboxylic acid groups (broad SMARTS) is 1. The quantitative estimate of drug-likeness (QED) is 0.815. The minimum atomic E-state index is -1.66. The lowest BCUT2D eigenvalue weighted by molar-refractivity contribution is -0.145. The third-order valence-electron chi connectivity index (χ3n) is 2.55. The molecular formula is C12H12Cl2FNO4. The fourth-order valence-electron chi connectivity index (χ4n) is 1.45. The summed E-state index contributed by atoms with van der Waals surface area (Å²) in [4.78, 5) is 23.2. The molecule has 1 aromatic rings. The van der Waals surface area contributed by atoms with Gasteiger partial charge in [0.1, 0.15) is 5.82 Å². The van der Waals surface area contributed by atoms with E-state index in [1.165, 1.54) is 14.0 Å². The Morgan fingerprint density at radius 2 is 2.00 bits per heavy atom. The van der Waals surface area contributed by atoms with Gasteiger partial charge in [0.25, 0.3) is 5.91 Å². The number of ether oxygens (including phenoxy) is 1. The van der Waals surface area contributed by atoms with Gasteiger partial charge in [-0.3, -0.25) is 4.79 Å². The molecule has 1 aromatic carbocycles. The second-order valence-corrected chi connectivity index (χ2v) is 5.08. The monoisotopic (exact) mass is 323 g/mol. The maximum Gasteiger partial charge on any atom is 0.331 e. The van der Waals surface area contributed by atoms with Gasteiger partial charge in [-0.1, -0.05) is 23.2 Å². The Hall–Kier alpha value is -1.37. The summed E-state index contributed by atoms with van der Waals surface area (Å²) in [5, 5.41) is 11.0. The minimum absolute atomic E-state index is 0.0842. The van der Waals surface area contributed by atoms with E-state index in [-0.39, 0.29) is 22.2 Å². The van der Waals surface area contributed by atoms with Crippen LogP contribution in [-0.4, -0.2) is 36.2 Å². The predicted octanol–water partition coefficient (Wildman–Crippen LogP) is 2.35. The fraction of sp³-hybridized carbons (Fsp3) is 0.333. The number of carbonyl (C=O) groups is 2. The molecule has 0 aliphatic heterocycles. The molecule has 0 spiro atoms. The third kappa shape index (κ3) is 3.59. The molecule has 1 amide bonds. The van der Waals surface area contributed by atoms with E-state index in [1.807, 2.05) is 0 Å². The molecule has 0 aromatic heterocycles. The number of halogens is 3. The topological polar surface area (TPSA) is 75.6 Å². The summed E-state index contributed by atoms with van der Waals surface area (Å²) in [5.41, 5.74) is -1.87. The summed E-state index contributed by atoms with van der Waals surface area (Å²) in [7, 11) is 1.29. The lowest BCUT2D eigenvalue weighted by Crippen LogP contribution is -2.55. The summed E-state index contributed by atoms with van der Waals surface area (Å²) in [6.07, 6.45) is 0. The van der Waals surface area contributed by atoms with Crippen molar-refractivity contribution in [2.24, 2.45) is 0 Å². The normalized spacial score (nSPS) is 13.7. The Labute approximate surface area is 124 Å². The molecule has 0 bridgehead atoms. The van der Waals surface area contributed by atoms with Gasteiger partial charge in [-0.25, -0.2) is 9.18 Å². The molecule has 2 N–H and O–H groups in total. The number of hydrogen-bond donors (Lipinski definition) is 2. The van der Waals surface area contributed by atoms with Gasteiger partial charge in [0.15, 0.2) is 5.54 Å². The summed E-state index contributed by atoms with van der Waals surface area (Å²) in [5.74, 6) is -2.96. The average Bonchev–Trinajstić information content (AvgIpc) is 2.33. The summed E-state index contributed by atoms with van der Waals surface area (Å²) < 4.78 is 18.1. The van der Waals surface area contributed by atoms with Crippen molar-refractivity contribution < 1.29 is 23.8 Å². The Bertz CT molecular complexity index is 553. The molecule has 8 heteroatoms. The van der Waals surface area contributed by atoms with Crippen LogP contribution in [0.3, 0.4) is 0 Å². The Morgan fingerprint density at radius 1 is 1.40 bits per heavy atom. The molecule has 110 valence electrons. The molecule has 0 aliphatic rings. The highest BCUT2D eigenvalue weighted by molar-refractivity contribution is 6.36. The second-order valence-electron chi connectivity index (χ2n) is 4.27. The number of benzene rings is 1. The minimum Gasteiger partial charge on any atom is -0.479 e. The molecule has 1 rings (SSSR count). The molecule has 0 saturated heterocycles. The highest BCUT2D eigenvalue weighted by Gasteiger charge is 2.35. The van der Waals surface area contributed by atoms with Crippen molar-refractivity contribution in [1.29, 1.82) is 0 Å². The molecule has 20 heavy (non-hydrogen) atoms. The molecular weight excluding hydrogens is 312 g/mol. The van der Waals surface area contributed by atoms with Crippen LogP contribution in [0.4, 0.5) is 4.39 Å².